The fourth-order valence-corrected chi connectivity index (χ4v) is 4.49. The van der Waals surface area contributed by atoms with Gasteiger partial charge in [0.2, 0.25) is 0 Å². The van der Waals surface area contributed by atoms with Crippen LogP contribution in [-0.2, 0) is 29.0 Å². The Morgan fingerprint density at radius 2 is 2.00 bits per heavy atom. The van der Waals surface area contributed by atoms with E-state index in [1.54, 1.807) is 0 Å². The highest BCUT2D eigenvalue weighted by molar-refractivity contribution is 5.83. The van der Waals surface area contributed by atoms with Crippen LogP contribution in [-0.4, -0.2) is 40.3 Å². The van der Waals surface area contributed by atoms with Gasteiger partial charge in [0.25, 0.3) is 5.91 Å². The number of hydrogen-bond donors (Lipinski definition) is 1. The number of rotatable bonds is 2. The summed E-state index contributed by atoms with van der Waals surface area (Å²) in [6.07, 6.45) is 4.34. The number of hydrogen-bond acceptors (Lipinski definition) is 4. The topological polar surface area (TPSA) is 59.4 Å². The molecule has 1 saturated heterocycles. The van der Waals surface area contributed by atoms with Crippen LogP contribution in [0.25, 0.3) is 0 Å². The lowest BCUT2D eigenvalue weighted by Gasteiger charge is -2.36. The summed E-state index contributed by atoms with van der Waals surface area (Å²) in [5, 5.41) is 7.98. The third-order valence-corrected chi connectivity index (χ3v) is 5.93. The number of ether oxygens (including phenoxy) is 1. The summed E-state index contributed by atoms with van der Waals surface area (Å²) in [6, 6.07) is 8.56. The zero-order valence-electron chi connectivity index (χ0n) is 14.9. The number of carbonyl (C=O) groups excluding carboxylic acids is 1. The van der Waals surface area contributed by atoms with Gasteiger partial charge in [-0.2, -0.15) is 5.10 Å². The summed E-state index contributed by atoms with van der Waals surface area (Å²) in [6.45, 7) is 3.99. The number of nitrogens with one attached hydrogen (secondary N) is 1. The Morgan fingerprint density at radius 1 is 1.15 bits per heavy atom. The van der Waals surface area contributed by atoms with Gasteiger partial charge >= 0.3 is 0 Å². The number of amides is 1. The molecular formula is C20H24N4O2. The fourth-order valence-electron chi connectivity index (χ4n) is 4.49. The molecule has 0 saturated carbocycles. The van der Waals surface area contributed by atoms with Gasteiger partial charge in [0, 0.05) is 31.7 Å². The normalized spacial score (nSPS) is 22.9. The smallest absolute Gasteiger partial charge is 0.256 e. The van der Waals surface area contributed by atoms with Crippen LogP contribution < -0.4 is 5.32 Å². The molecule has 1 aromatic heterocycles. The molecule has 0 aliphatic carbocycles. The Morgan fingerprint density at radius 3 is 2.88 bits per heavy atom. The van der Waals surface area contributed by atoms with E-state index in [0.29, 0.717) is 12.6 Å². The predicted molar refractivity (Wildman–Crippen MR) is 96.5 cm³/mol. The van der Waals surface area contributed by atoms with E-state index in [0.717, 1.165) is 51.0 Å². The van der Waals surface area contributed by atoms with E-state index in [1.807, 2.05) is 29.3 Å². The van der Waals surface area contributed by atoms with E-state index < -0.39 is 6.10 Å². The van der Waals surface area contributed by atoms with Crippen molar-refractivity contribution in [1.82, 2.24) is 20.0 Å². The Kier molecular flexibility index (Phi) is 4.02. The standard InChI is InChI=1S/C20H24N4O2/c25-20(19-17-4-2-1-3-14(17)7-10-26-19)23-8-5-16(6-9-23)24-18-13-21-11-15(18)12-22-24/h1-4,12,16,19,21H,5-11,13H2. The van der Waals surface area contributed by atoms with E-state index in [-0.39, 0.29) is 5.91 Å². The molecule has 1 atom stereocenters. The highest BCUT2D eigenvalue weighted by Crippen LogP contribution is 2.32. The second kappa shape index (κ2) is 6.52. The van der Waals surface area contributed by atoms with Crippen LogP contribution >= 0.6 is 0 Å². The highest BCUT2D eigenvalue weighted by atomic mass is 16.5. The number of aromatic nitrogens is 2. The second-order valence-electron chi connectivity index (χ2n) is 7.42. The number of nitrogens with zero attached hydrogens (tertiary/aromatic N) is 3. The van der Waals surface area contributed by atoms with Crippen LogP contribution in [0, 0.1) is 0 Å². The first-order valence-electron chi connectivity index (χ1n) is 9.55. The monoisotopic (exact) mass is 352 g/mol. The number of likely N-dealkylation sites (tertiary alicyclic amines) is 1. The molecule has 1 unspecified atom stereocenters. The highest BCUT2D eigenvalue weighted by Gasteiger charge is 2.34. The van der Waals surface area contributed by atoms with E-state index in [2.05, 4.69) is 21.2 Å². The van der Waals surface area contributed by atoms with Crippen molar-refractivity contribution in [3.8, 4) is 0 Å². The summed E-state index contributed by atoms with van der Waals surface area (Å²) >= 11 is 0. The van der Waals surface area contributed by atoms with Gasteiger partial charge in [-0.25, -0.2) is 0 Å². The molecule has 2 aromatic rings. The van der Waals surface area contributed by atoms with Gasteiger partial charge in [-0.3, -0.25) is 9.48 Å². The minimum absolute atomic E-state index is 0.114. The third-order valence-electron chi connectivity index (χ3n) is 5.93. The molecule has 1 fully saturated rings. The Bertz CT molecular complexity index is 823. The molecule has 4 heterocycles. The van der Waals surface area contributed by atoms with Gasteiger partial charge in [-0.15, -0.1) is 0 Å². The molecule has 136 valence electrons. The van der Waals surface area contributed by atoms with Crippen molar-refractivity contribution in [2.75, 3.05) is 19.7 Å². The van der Waals surface area contributed by atoms with Crippen molar-refractivity contribution in [1.29, 1.82) is 0 Å². The molecule has 6 nitrogen and oxygen atoms in total. The molecule has 3 aliphatic heterocycles. The molecule has 26 heavy (non-hydrogen) atoms. The first-order valence-corrected chi connectivity index (χ1v) is 9.55. The van der Waals surface area contributed by atoms with E-state index >= 15 is 0 Å². The van der Waals surface area contributed by atoms with Gasteiger partial charge < -0.3 is 15.0 Å². The van der Waals surface area contributed by atoms with E-state index in [1.165, 1.54) is 16.8 Å². The zero-order chi connectivity index (χ0) is 17.5. The van der Waals surface area contributed by atoms with Crippen molar-refractivity contribution in [3.05, 3.63) is 52.8 Å². The molecule has 3 aliphatic rings. The Hall–Kier alpha value is -2.18. The van der Waals surface area contributed by atoms with Gasteiger partial charge in [-0.1, -0.05) is 24.3 Å². The van der Waals surface area contributed by atoms with Gasteiger partial charge in [0.15, 0.2) is 6.10 Å². The van der Waals surface area contributed by atoms with Crippen LogP contribution in [0.4, 0.5) is 0 Å². The molecule has 6 heteroatoms. The summed E-state index contributed by atoms with van der Waals surface area (Å²) < 4.78 is 8.05. The van der Waals surface area contributed by atoms with Gasteiger partial charge in [0.1, 0.15) is 0 Å². The Balaban J connectivity index is 1.28. The molecule has 1 N–H and O–H groups in total. The summed E-state index contributed by atoms with van der Waals surface area (Å²) in [5.74, 6) is 0.114. The molecule has 0 bridgehead atoms. The van der Waals surface area contributed by atoms with Crippen LogP contribution in [0.5, 0.6) is 0 Å². The third kappa shape index (κ3) is 2.64. The number of piperidine rings is 1. The maximum atomic E-state index is 13.1. The van der Waals surface area contributed by atoms with Gasteiger partial charge in [-0.05, 0) is 30.4 Å². The van der Waals surface area contributed by atoms with Crippen molar-refractivity contribution >= 4 is 5.91 Å². The van der Waals surface area contributed by atoms with Gasteiger partial charge in [0.05, 0.1) is 24.5 Å². The van der Waals surface area contributed by atoms with Crippen molar-refractivity contribution < 1.29 is 9.53 Å². The number of fused-ring (bicyclic) bond motifs is 2. The zero-order valence-corrected chi connectivity index (χ0v) is 14.9. The molecule has 1 amide bonds. The molecule has 5 rings (SSSR count). The molecule has 0 spiro atoms. The maximum Gasteiger partial charge on any atom is 0.256 e. The molecule has 1 aromatic carbocycles. The number of benzene rings is 1. The number of carbonyl (C=O) groups is 1. The van der Waals surface area contributed by atoms with Crippen LogP contribution in [0.1, 0.15) is 47.4 Å². The quantitative estimate of drug-likeness (QED) is 0.898. The fraction of sp³-hybridized carbons (Fsp3) is 0.500. The van der Waals surface area contributed by atoms with Crippen molar-refractivity contribution in [2.45, 2.75) is 44.5 Å². The Labute approximate surface area is 153 Å². The lowest BCUT2D eigenvalue weighted by molar-refractivity contribution is -0.146. The lowest BCUT2D eigenvalue weighted by Crippen LogP contribution is -2.43. The van der Waals surface area contributed by atoms with Crippen molar-refractivity contribution in [3.63, 3.8) is 0 Å². The summed E-state index contributed by atoms with van der Waals surface area (Å²) in [7, 11) is 0. The minimum atomic E-state index is -0.436. The average molecular weight is 352 g/mol. The lowest BCUT2D eigenvalue weighted by atomic mass is 9.96. The first-order chi connectivity index (χ1) is 12.8. The predicted octanol–water partition coefficient (Wildman–Crippen LogP) is 1.96. The average Bonchev–Trinajstić information content (AvgIpc) is 3.31. The largest absolute Gasteiger partial charge is 0.363 e. The van der Waals surface area contributed by atoms with Crippen molar-refractivity contribution in [2.24, 2.45) is 0 Å². The minimum Gasteiger partial charge on any atom is -0.363 e. The first kappa shape index (κ1) is 16.0. The molecular weight excluding hydrogens is 328 g/mol. The van der Waals surface area contributed by atoms with Crippen LogP contribution in [0.2, 0.25) is 0 Å². The molecule has 0 radical (unpaired) electrons. The maximum absolute atomic E-state index is 13.1. The van der Waals surface area contributed by atoms with E-state index in [4.69, 9.17) is 4.74 Å². The van der Waals surface area contributed by atoms with Crippen LogP contribution in [0.3, 0.4) is 0 Å². The summed E-state index contributed by atoms with van der Waals surface area (Å²) in [4.78, 5) is 15.0. The summed E-state index contributed by atoms with van der Waals surface area (Å²) in [5.41, 5.74) is 4.92. The van der Waals surface area contributed by atoms with Crippen LogP contribution in [0.15, 0.2) is 30.5 Å². The van der Waals surface area contributed by atoms with E-state index in [9.17, 15) is 4.79 Å². The SMILES string of the molecule is O=C(C1OCCc2ccccc21)N1CCC(n2ncc3c2CNC3)CC1. The second-order valence-corrected chi connectivity index (χ2v) is 7.42.